The molecule has 0 aromatic carbocycles. The van der Waals surface area contributed by atoms with Crippen LogP contribution in [0.15, 0.2) is 28.2 Å². The number of aromatic nitrogens is 3. The van der Waals surface area contributed by atoms with Crippen LogP contribution in [0.3, 0.4) is 0 Å². The minimum atomic E-state index is -0.172. The van der Waals surface area contributed by atoms with Crippen molar-refractivity contribution in [3.05, 3.63) is 23.7 Å². The van der Waals surface area contributed by atoms with Crippen molar-refractivity contribution in [2.24, 2.45) is 16.1 Å². The Kier molecular flexibility index (Phi) is 4.94. The van der Waals surface area contributed by atoms with Gasteiger partial charge >= 0.3 is 0 Å². The highest BCUT2D eigenvalue weighted by molar-refractivity contribution is 5.94. The molecule has 28 heavy (non-hydrogen) atoms. The lowest BCUT2D eigenvalue weighted by molar-refractivity contribution is -0.118. The van der Waals surface area contributed by atoms with E-state index >= 15 is 0 Å². The predicted molar refractivity (Wildman–Crippen MR) is 98.6 cm³/mol. The smallest absolute Gasteiger partial charge is 0.251 e. The van der Waals surface area contributed by atoms with Crippen LogP contribution in [0.5, 0.6) is 0 Å². The van der Waals surface area contributed by atoms with E-state index in [1.54, 1.807) is 0 Å². The van der Waals surface area contributed by atoms with E-state index in [9.17, 15) is 4.79 Å². The Hall–Kier alpha value is -2.13. The van der Waals surface area contributed by atoms with Crippen LogP contribution in [0.4, 0.5) is 0 Å². The van der Waals surface area contributed by atoms with Crippen LogP contribution >= 0.6 is 0 Å². The highest BCUT2D eigenvalue weighted by Gasteiger charge is 2.49. The van der Waals surface area contributed by atoms with Crippen LogP contribution in [-0.2, 0) is 20.7 Å². The number of rotatable bonds is 5. The molecule has 1 amide bonds. The molecule has 5 rings (SSSR count). The Morgan fingerprint density at radius 2 is 2.04 bits per heavy atom. The van der Waals surface area contributed by atoms with E-state index in [1.165, 1.54) is 38.3 Å². The average molecular weight is 386 g/mol. The van der Waals surface area contributed by atoms with Gasteiger partial charge in [0.1, 0.15) is 18.2 Å². The van der Waals surface area contributed by atoms with Gasteiger partial charge in [0.2, 0.25) is 0 Å². The first-order valence-electron chi connectivity index (χ1n) is 10.3. The van der Waals surface area contributed by atoms with E-state index in [2.05, 4.69) is 25.9 Å². The largest absolute Gasteiger partial charge is 0.371 e. The molecule has 0 bridgehead atoms. The first kappa shape index (κ1) is 17.9. The Balaban J connectivity index is 1.20. The summed E-state index contributed by atoms with van der Waals surface area (Å²) in [5, 5.41) is 19.3. The number of carbonyl (C=O) groups excluding carboxylic acids is 1. The highest BCUT2D eigenvalue weighted by Crippen LogP contribution is 2.34. The number of amides is 1. The topological polar surface area (TPSA) is 103 Å². The summed E-state index contributed by atoms with van der Waals surface area (Å²) in [5.41, 5.74) is 1.63. The van der Waals surface area contributed by atoms with E-state index in [4.69, 9.17) is 9.47 Å². The molecule has 9 nitrogen and oxygen atoms in total. The second-order valence-electron chi connectivity index (χ2n) is 8.21. The minimum absolute atomic E-state index is 0.00444. The van der Waals surface area contributed by atoms with Crippen molar-refractivity contribution >= 4 is 5.91 Å². The minimum Gasteiger partial charge on any atom is -0.371 e. The predicted octanol–water partition coefficient (Wildman–Crippen LogP) is 1.57. The van der Waals surface area contributed by atoms with Gasteiger partial charge in [-0.2, -0.15) is 10.2 Å². The van der Waals surface area contributed by atoms with E-state index in [-0.39, 0.29) is 30.2 Å². The number of fused-ring (bicyclic) bond motifs is 1. The maximum Gasteiger partial charge on any atom is 0.251 e. The van der Waals surface area contributed by atoms with E-state index in [0.717, 1.165) is 18.0 Å². The number of hydrogen-bond acceptors (Lipinski definition) is 7. The van der Waals surface area contributed by atoms with Crippen LogP contribution < -0.4 is 5.32 Å². The molecule has 4 unspecified atom stereocenters. The lowest BCUT2D eigenvalue weighted by Crippen LogP contribution is -2.44. The third-order valence-corrected chi connectivity index (χ3v) is 6.29. The van der Waals surface area contributed by atoms with Gasteiger partial charge in [0.05, 0.1) is 43.3 Å². The Bertz CT molecular complexity index is 784. The Morgan fingerprint density at radius 3 is 2.86 bits per heavy atom. The molecule has 0 radical (unpaired) electrons. The summed E-state index contributed by atoms with van der Waals surface area (Å²) in [6, 6.07) is -0.176. The van der Waals surface area contributed by atoms with Gasteiger partial charge in [-0.05, 0) is 12.3 Å². The van der Waals surface area contributed by atoms with Gasteiger partial charge in [-0.15, -0.1) is 5.10 Å². The Morgan fingerprint density at radius 1 is 1.18 bits per heavy atom. The van der Waals surface area contributed by atoms with Gasteiger partial charge in [-0.3, -0.25) is 4.79 Å². The molecule has 1 aromatic rings. The molecule has 3 aliphatic heterocycles. The molecule has 2 saturated heterocycles. The number of nitrogens with one attached hydrogen (secondary N) is 1. The zero-order chi connectivity index (χ0) is 18.9. The van der Waals surface area contributed by atoms with Crippen LogP contribution in [0.1, 0.15) is 43.8 Å². The summed E-state index contributed by atoms with van der Waals surface area (Å²) in [5.74, 6) is 0.582. The second kappa shape index (κ2) is 7.71. The van der Waals surface area contributed by atoms with Gasteiger partial charge in [0.15, 0.2) is 0 Å². The van der Waals surface area contributed by atoms with Gasteiger partial charge < -0.3 is 14.8 Å². The normalized spacial score (nSPS) is 32.5. The lowest BCUT2D eigenvalue weighted by atomic mass is 9.86. The maximum absolute atomic E-state index is 12.3. The summed E-state index contributed by atoms with van der Waals surface area (Å²) in [7, 11) is 0. The third-order valence-electron chi connectivity index (χ3n) is 6.29. The molecule has 4 aliphatic rings. The number of nitrogens with zero attached hydrogens (tertiary/aromatic N) is 5. The molecule has 4 heterocycles. The van der Waals surface area contributed by atoms with Crippen molar-refractivity contribution in [3.63, 3.8) is 0 Å². The summed E-state index contributed by atoms with van der Waals surface area (Å²) < 4.78 is 13.9. The molecule has 1 saturated carbocycles. The second-order valence-corrected chi connectivity index (χ2v) is 8.21. The monoisotopic (exact) mass is 386 g/mol. The van der Waals surface area contributed by atoms with Crippen LogP contribution in [-0.4, -0.2) is 58.9 Å². The number of ether oxygens (including phenoxy) is 2. The summed E-state index contributed by atoms with van der Waals surface area (Å²) >= 11 is 0. The first-order chi connectivity index (χ1) is 13.8. The summed E-state index contributed by atoms with van der Waals surface area (Å²) in [6.07, 6.45) is 10.9. The van der Waals surface area contributed by atoms with Gasteiger partial charge in [-0.25, -0.2) is 4.68 Å². The molecular formula is C19H26N6O3. The average Bonchev–Trinajstić information content (AvgIpc) is 3.49. The quantitative estimate of drug-likeness (QED) is 0.827. The molecular weight excluding hydrogens is 360 g/mol. The maximum atomic E-state index is 12.3. The molecule has 0 spiro atoms. The van der Waals surface area contributed by atoms with Crippen molar-refractivity contribution in [1.29, 1.82) is 0 Å². The molecule has 1 N–H and O–H groups in total. The fraction of sp³-hybridized carbons (Fsp3) is 0.737. The number of carbonyl (C=O) groups is 1. The molecule has 3 fully saturated rings. The van der Waals surface area contributed by atoms with Crippen molar-refractivity contribution in [3.8, 4) is 0 Å². The van der Waals surface area contributed by atoms with E-state index in [0.29, 0.717) is 25.3 Å². The molecule has 1 aliphatic carbocycles. The zero-order valence-corrected chi connectivity index (χ0v) is 15.9. The van der Waals surface area contributed by atoms with Crippen molar-refractivity contribution in [2.45, 2.75) is 62.8 Å². The SMILES string of the molecule is O=C(NC1COC2C1OCC2n1cc(CC2CCCCC2)nn1)C1=CN=NC1. The van der Waals surface area contributed by atoms with Crippen molar-refractivity contribution in [1.82, 2.24) is 20.3 Å². The summed E-state index contributed by atoms with van der Waals surface area (Å²) in [6.45, 7) is 1.28. The van der Waals surface area contributed by atoms with E-state index < -0.39 is 0 Å². The first-order valence-corrected chi connectivity index (χ1v) is 10.3. The van der Waals surface area contributed by atoms with Gasteiger partial charge in [0, 0.05) is 6.20 Å². The molecule has 1 aromatic heterocycles. The van der Waals surface area contributed by atoms with Gasteiger partial charge in [0.25, 0.3) is 5.91 Å². The van der Waals surface area contributed by atoms with Crippen LogP contribution in [0.2, 0.25) is 0 Å². The van der Waals surface area contributed by atoms with Crippen LogP contribution in [0.25, 0.3) is 0 Å². The fourth-order valence-electron chi connectivity index (χ4n) is 4.75. The fourth-order valence-corrected chi connectivity index (χ4v) is 4.75. The number of azo groups is 1. The molecule has 4 atom stereocenters. The highest BCUT2D eigenvalue weighted by atomic mass is 16.6. The summed E-state index contributed by atoms with van der Waals surface area (Å²) in [4.78, 5) is 12.3. The van der Waals surface area contributed by atoms with E-state index in [1.807, 2.05) is 10.9 Å². The van der Waals surface area contributed by atoms with Crippen LogP contribution in [0, 0.1) is 5.92 Å². The molecule has 150 valence electrons. The lowest BCUT2D eigenvalue weighted by Gasteiger charge is -2.20. The van der Waals surface area contributed by atoms with Crippen molar-refractivity contribution in [2.75, 3.05) is 19.8 Å². The zero-order valence-electron chi connectivity index (χ0n) is 15.9. The Labute approximate surface area is 163 Å². The third kappa shape index (κ3) is 3.48. The number of hydrogen-bond donors (Lipinski definition) is 1. The molecule has 9 heteroatoms. The van der Waals surface area contributed by atoms with Gasteiger partial charge in [-0.1, -0.05) is 37.3 Å². The standard InChI is InChI=1S/C19H26N6O3/c26-19(13-7-20-21-8-13)22-15-10-27-18-16(11-28-17(15)18)25-9-14(23-24-25)6-12-4-2-1-3-5-12/h7,9,12,15-18H,1-6,8,10-11H2,(H,22,26). The van der Waals surface area contributed by atoms with Crippen molar-refractivity contribution < 1.29 is 14.3 Å².